The lowest BCUT2D eigenvalue weighted by Gasteiger charge is -2.36. The summed E-state index contributed by atoms with van der Waals surface area (Å²) in [5.41, 5.74) is 1.64. The number of nitrogens with one attached hydrogen (secondary N) is 2. The van der Waals surface area contributed by atoms with Crippen molar-refractivity contribution in [2.75, 3.05) is 33.4 Å². The summed E-state index contributed by atoms with van der Waals surface area (Å²) in [7, 11) is 1.55. The van der Waals surface area contributed by atoms with Gasteiger partial charge in [0.25, 0.3) is 11.8 Å². The Balaban J connectivity index is 1.69. The number of carbonyl (C=O) groups excluding carboxylic acids is 3. The average molecular weight is 456 g/mol. The van der Waals surface area contributed by atoms with Gasteiger partial charge in [0.2, 0.25) is 5.91 Å². The summed E-state index contributed by atoms with van der Waals surface area (Å²) >= 11 is 0. The number of carbonyl (C=O) groups is 3. The largest absolute Gasteiger partial charge is 0.383 e. The number of halogens is 1. The summed E-state index contributed by atoms with van der Waals surface area (Å²) in [5, 5.41) is 5.73. The third-order valence-corrected chi connectivity index (χ3v) is 5.93. The summed E-state index contributed by atoms with van der Waals surface area (Å²) in [6, 6.07) is 12.1. The van der Waals surface area contributed by atoms with Gasteiger partial charge in [0.15, 0.2) is 0 Å². The quantitative estimate of drug-likeness (QED) is 0.599. The fourth-order valence-corrected chi connectivity index (χ4v) is 4.07. The predicted octanol–water partition coefficient (Wildman–Crippen LogP) is 2.55. The van der Waals surface area contributed by atoms with Crippen LogP contribution in [0.2, 0.25) is 0 Å². The first-order valence-corrected chi connectivity index (χ1v) is 11.1. The highest BCUT2D eigenvalue weighted by Crippen LogP contribution is 2.23. The van der Waals surface area contributed by atoms with Gasteiger partial charge in [-0.2, -0.15) is 0 Å². The van der Waals surface area contributed by atoms with Crippen LogP contribution in [0.15, 0.2) is 48.5 Å². The van der Waals surface area contributed by atoms with E-state index in [1.807, 2.05) is 19.1 Å². The molecule has 1 fully saturated rings. The van der Waals surface area contributed by atoms with Crippen LogP contribution >= 0.6 is 0 Å². The first-order chi connectivity index (χ1) is 15.9. The molecule has 7 nitrogen and oxygen atoms in total. The van der Waals surface area contributed by atoms with E-state index >= 15 is 0 Å². The Morgan fingerprint density at radius 3 is 2.52 bits per heavy atom. The smallest absolute Gasteiger partial charge is 0.253 e. The van der Waals surface area contributed by atoms with E-state index in [1.165, 1.54) is 18.2 Å². The topological polar surface area (TPSA) is 87.7 Å². The highest BCUT2D eigenvalue weighted by molar-refractivity contribution is 5.98. The van der Waals surface area contributed by atoms with Crippen LogP contribution in [0.1, 0.15) is 39.1 Å². The van der Waals surface area contributed by atoms with E-state index in [2.05, 4.69) is 10.6 Å². The minimum atomic E-state index is -0.736. The summed E-state index contributed by atoms with van der Waals surface area (Å²) < 4.78 is 18.5. The molecule has 2 N–H and O–H groups in total. The molecule has 176 valence electrons. The maximum atomic E-state index is 13.5. The molecule has 0 aliphatic carbocycles. The Hall–Kier alpha value is -3.26. The van der Waals surface area contributed by atoms with Crippen molar-refractivity contribution in [2.24, 2.45) is 5.92 Å². The molecule has 1 heterocycles. The molecule has 1 aliphatic rings. The predicted molar refractivity (Wildman–Crippen MR) is 122 cm³/mol. The molecule has 2 aromatic rings. The zero-order chi connectivity index (χ0) is 23.8. The molecule has 1 unspecified atom stereocenters. The van der Waals surface area contributed by atoms with E-state index in [-0.39, 0.29) is 23.6 Å². The fraction of sp³-hybridized carbons (Fsp3) is 0.400. The molecule has 0 spiro atoms. The first-order valence-electron chi connectivity index (χ1n) is 11.1. The molecule has 1 atom stereocenters. The number of hydrogen-bond acceptors (Lipinski definition) is 4. The minimum Gasteiger partial charge on any atom is -0.383 e. The van der Waals surface area contributed by atoms with E-state index in [1.54, 1.807) is 30.2 Å². The second-order valence-electron chi connectivity index (χ2n) is 8.19. The normalized spacial score (nSPS) is 15.1. The maximum Gasteiger partial charge on any atom is 0.253 e. The lowest BCUT2D eigenvalue weighted by atomic mass is 9.88. The van der Waals surface area contributed by atoms with E-state index in [0.717, 1.165) is 5.56 Å². The molecular weight excluding hydrogens is 425 g/mol. The van der Waals surface area contributed by atoms with Crippen LogP contribution in [0.4, 0.5) is 4.39 Å². The highest BCUT2D eigenvalue weighted by atomic mass is 19.1. The first kappa shape index (κ1) is 24.4. The third-order valence-electron chi connectivity index (χ3n) is 5.93. The summed E-state index contributed by atoms with van der Waals surface area (Å²) in [6.45, 7) is 3.39. The molecule has 0 saturated carbocycles. The number of piperidine rings is 1. The number of aryl methyl sites for hydroxylation is 1. The number of methoxy groups -OCH3 is 1. The summed E-state index contributed by atoms with van der Waals surface area (Å²) in [6.07, 6.45) is 1.08. The molecule has 1 aliphatic heterocycles. The van der Waals surface area contributed by atoms with Gasteiger partial charge in [0, 0.05) is 37.9 Å². The van der Waals surface area contributed by atoms with E-state index < -0.39 is 11.9 Å². The van der Waals surface area contributed by atoms with Crippen LogP contribution in [0.3, 0.4) is 0 Å². The maximum absolute atomic E-state index is 13.5. The Morgan fingerprint density at radius 2 is 1.85 bits per heavy atom. The van der Waals surface area contributed by atoms with Crippen molar-refractivity contribution < 1.29 is 23.5 Å². The summed E-state index contributed by atoms with van der Waals surface area (Å²) in [4.78, 5) is 40.3. The van der Waals surface area contributed by atoms with Crippen molar-refractivity contribution in [3.63, 3.8) is 0 Å². The fourth-order valence-electron chi connectivity index (χ4n) is 4.07. The van der Waals surface area contributed by atoms with Crippen molar-refractivity contribution in [1.82, 2.24) is 15.5 Å². The standard InChI is InChI=1S/C25H30FN3O4/c1-17-6-3-4-9-21(17)23(30)28-22(24(31)27-12-15-33-2)18-10-13-29(14-11-18)25(32)19-7-5-8-20(26)16-19/h3-9,16,18,22H,10-15H2,1-2H3,(H,27,31)(H,28,30). The van der Waals surface area contributed by atoms with Gasteiger partial charge in [-0.3, -0.25) is 14.4 Å². The number of amides is 3. The van der Waals surface area contributed by atoms with Crippen molar-refractivity contribution >= 4 is 17.7 Å². The van der Waals surface area contributed by atoms with Crippen LogP contribution in [0, 0.1) is 18.7 Å². The number of nitrogens with zero attached hydrogens (tertiary/aromatic N) is 1. The van der Waals surface area contributed by atoms with E-state index in [0.29, 0.717) is 50.2 Å². The Labute approximate surface area is 193 Å². The third kappa shape index (κ3) is 6.38. The lowest BCUT2D eigenvalue weighted by molar-refractivity contribution is -0.124. The molecule has 0 aromatic heterocycles. The Kier molecular flexibility index (Phi) is 8.54. The van der Waals surface area contributed by atoms with Gasteiger partial charge in [-0.05, 0) is 55.5 Å². The molecule has 3 amide bonds. The van der Waals surface area contributed by atoms with Crippen LogP contribution in [-0.4, -0.2) is 62.0 Å². The number of ether oxygens (including phenoxy) is 1. The Morgan fingerprint density at radius 1 is 1.12 bits per heavy atom. The molecule has 2 aromatic carbocycles. The lowest BCUT2D eigenvalue weighted by Crippen LogP contribution is -2.54. The second-order valence-corrected chi connectivity index (χ2v) is 8.19. The second kappa shape index (κ2) is 11.6. The molecule has 0 bridgehead atoms. The van der Waals surface area contributed by atoms with Crippen LogP contribution in [-0.2, 0) is 9.53 Å². The van der Waals surface area contributed by atoms with Gasteiger partial charge in [0.1, 0.15) is 11.9 Å². The molecular formula is C25H30FN3O4. The molecule has 1 saturated heterocycles. The zero-order valence-electron chi connectivity index (χ0n) is 19.0. The van der Waals surface area contributed by atoms with Gasteiger partial charge in [0.05, 0.1) is 6.61 Å². The number of benzene rings is 2. The molecule has 33 heavy (non-hydrogen) atoms. The van der Waals surface area contributed by atoms with Crippen LogP contribution in [0.25, 0.3) is 0 Å². The van der Waals surface area contributed by atoms with Gasteiger partial charge in [-0.25, -0.2) is 4.39 Å². The van der Waals surface area contributed by atoms with Crippen molar-refractivity contribution in [3.05, 3.63) is 71.0 Å². The van der Waals surface area contributed by atoms with Crippen molar-refractivity contribution in [3.8, 4) is 0 Å². The Bertz CT molecular complexity index is 989. The summed E-state index contributed by atoms with van der Waals surface area (Å²) in [5.74, 6) is -1.42. The monoisotopic (exact) mass is 455 g/mol. The van der Waals surface area contributed by atoms with Gasteiger partial charge < -0.3 is 20.3 Å². The number of hydrogen-bond donors (Lipinski definition) is 2. The zero-order valence-corrected chi connectivity index (χ0v) is 19.0. The van der Waals surface area contributed by atoms with Crippen molar-refractivity contribution in [1.29, 1.82) is 0 Å². The van der Waals surface area contributed by atoms with Gasteiger partial charge in [-0.1, -0.05) is 24.3 Å². The highest BCUT2D eigenvalue weighted by Gasteiger charge is 2.34. The van der Waals surface area contributed by atoms with Crippen LogP contribution in [0.5, 0.6) is 0 Å². The SMILES string of the molecule is COCCNC(=O)C(NC(=O)c1ccccc1C)C1CCN(C(=O)c2cccc(F)c2)CC1. The molecule has 3 rings (SSSR count). The number of likely N-dealkylation sites (tertiary alicyclic amines) is 1. The minimum absolute atomic E-state index is 0.142. The van der Waals surface area contributed by atoms with E-state index in [4.69, 9.17) is 4.74 Å². The molecule has 8 heteroatoms. The van der Waals surface area contributed by atoms with E-state index in [9.17, 15) is 18.8 Å². The average Bonchev–Trinajstić information content (AvgIpc) is 2.82. The number of rotatable bonds is 8. The van der Waals surface area contributed by atoms with Crippen LogP contribution < -0.4 is 10.6 Å². The van der Waals surface area contributed by atoms with Gasteiger partial charge >= 0.3 is 0 Å². The molecule has 0 radical (unpaired) electrons. The van der Waals surface area contributed by atoms with Crippen molar-refractivity contribution in [2.45, 2.75) is 25.8 Å². The van der Waals surface area contributed by atoms with Gasteiger partial charge in [-0.15, -0.1) is 0 Å².